The Kier molecular flexibility index (Phi) is 4.59. The summed E-state index contributed by atoms with van der Waals surface area (Å²) in [5, 5.41) is 9.50. The van der Waals surface area contributed by atoms with E-state index in [1.165, 1.54) is 47.1 Å². The van der Waals surface area contributed by atoms with Gasteiger partial charge < -0.3 is 9.47 Å². The number of rotatable bonds is 4. The SMILES string of the molecule is CCOC(=O)c1nn(-c2ccc(S(N)(=O)=O)cc2)c2c1COc1ccc(F)cc1-2. The van der Waals surface area contributed by atoms with Crippen molar-refractivity contribution in [2.75, 3.05) is 6.61 Å². The lowest BCUT2D eigenvalue weighted by molar-refractivity contribution is 0.0516. The van der Waals surface area contributed by atoms with E-state index in [9.17, 15) is 17.6 Å². The zero-order valence-electron chi connectivity index (χ0n) is 15.3. The Labute approximate surface area is 165 Å². The monoisotopic (exact) mass is 417 g/mol. The molecule has 1 aliphatic rings. The van der Waals surface area contributed by atoms with Gasteiger partial charge in [0.25, 0.3) is 0 Å². The van der Waals surface area contributed by atoms with Crippen LogP contribution in [0.4, 0.5) is 4.39 Å². The normalized spacial score (nSPS) is 12.7. The molecule has 0 saturated carbocycles. The summed E-state index contributed by atoms with van der Waals surface area (Å²) in [6.45, 7) is 1.89. The Morgan fingerprint density at radius 2 is 2.00 bits per heavy atom. The van der Waals surface area contributed by atoms with Crippen molar-refractivity contribution in [3.05, 3.63) is 59.5 Å². The quantitative estimate of drug-likeness (QED) is 0.652. The predicted octanol–water partition coefficient (Wildman–Crippen LogP) is 2.39. The van der Waals surface area contributed by atoms with Gasteiger partial charge in [-0.25, -0.2) is 27.4 Å². The van der Waals surface area contributed by atoms with Gasteiger partial charge in [0, 0.05) is 5.56 Å². The lowest BCUT2D eigenvalue weighted by Gasteiger charge is -2.19. The first kappa shape index (κ1) is 19.1. The molecule has 2 heterocycles. The highest BCUT2D eigenvalue weighted by Gasteiger charge is 2.31. The third-order valence-corrected chi connectivity index (χ3v) is 5.36. The van der Waals surface area contributed by atoms with Crippen LogP contribution in [0.1, 0.15) is 23.0 Å². The van der Waals surface area contributed by atoms with Crippen molar-refractivity contribution < 1.29 is 27.1 Å². The molecule has 0 bridgehead atoms. The molecule has 0 atom stereocenters. The fourth-order valence-electron chi connectivity index (χ4n) is 3.15. The molecule has 4 rings (SSSR count). The van der Waals surface area contributed by atoms with E-state index in [0.717, 1.165) is 0 Å². The molecule has 0 amide bonds. The molecule has 2 N–H and O–H groups in total. The number of nitrogens with zero attached hydrogens (tertiary/aromatic N) is 2. The van der Waals surface area contributed by atoms with Crippen LogP contribution in [0.25, 0.3) is 16.9 Å². The summed E-state index contributed by atoms with van der Waals surface area (Å²) in [6, 6.07) is 9.71. The van der Waals surface area contributed by atoms with Gasteiger partial charge in [-0.2, -0.15) is 5.10 Å². The Morgan fingerprint density at radius 1 is 1.28 bits per heavy atom. The van der Waals surface area contributed by atoms with Crippen LogP contribution in [0.2, 0.25) is 0 Å². The van der Waals surface area contributed by atoms with Crippen molar-refractivity contribution in [1.82, 2.24) is 9.78 Å². The van der Waals surface area contributed by atoms with E-state index in [0.29, 0.717) is 28.3 Å². The molecule has 2 aromatic carbocycles. The van der Waals surface area contributed by atoms with E-state index < -0.39 is 21.8 Å². The number of aromatic nitrogens is 2. The second kappa shape index (κ2) is 6.98. The largest absolute Gasteiger partial charge is 0.488 e. The Hall–Kier alpha value is -3.24. The second-order valence-electron chi connectivity index (χ2n) is 6.28. The maximum absolute atomic E-state index is 13.9. The molecule has 29 heavy (non-hydrogen) atoms. The zero-order chi connectivity index (χ0) is 20.8. The van der Waals surface area contributed by atoms with Crippen molar-refractivity contribution >= 4 is 16.0 Å². The van der Waals surface area contributed by atoms with Crippen LogP contribution in [0.3, 0.4) is 0 Å². The number of nitrogens with two attached hydrogens (primary N) is 1. The van der Waals surface area contributed by atoms with E-state index in [1.54, 1.807) is 6.92 Å². The minimum absolute atomic E-state index is 0.0484. The number of primary sulfonamides is 1. The first-order chi connectivity index (χ1) is 13.8. The molecule has 150 valence electrons. The third-order valence-electron chi connectivity index (χ3n) is 4.43. The number of fused-ring (bicyclic) bond motifs is 3. The van der Waals surface area contributed by atoms with Gasteiger partial charge in [0.15, 0.2) is 5.69 Å². The molecule has 10 heteroatoms. The van der Waals surface area contributed by atoms with Gasteiger partial charge in [0.1, 0.15) is 18.2 Å². The van der Waals surface area contributed by atoms with Crippen LogP contribution in [0.15, 0.2) is 47.4 Å². The predicted molar refractivity (Wildman–Crippen MR) is 101 cm³/mol. The lowest BCUT2D eigenvalue weighted by atomic mass is 10.0. The summed E-state index contributed by atoms with van der Waals surface area (Å²) in [5.74, 6) is -0.668. The summed E-state index contributed by atoms with van der Waals surface area (Å²) >= 11 is 0. The third kappa shape index (κ3) is 3.36. The first-order valence-corrected chi connectivity index (χ1v) is 10.2. The minimum atomic E-state index is -3.86. The van der Waals surface area contributed by atoms with Gasteiger partial charge in [-0.05, 0) is 49.4 Å². The van der Waals surface area contributed by atoms with Crippen LogP contribution in [0.5, 0.6) is 5.75 Å². The van der Waals surface area contributed by atoms with Crippen molar-refractivity contribution in [2.45, 2.75) is 18.4 Å². The van der Waals surface area contributed by atoms with E-state index in [2.05, 4.69) is 5.10 Å². The Morgan fingerprint density at radius 3 is 2.66 bits per heavy atom. The van der Waals surface area contributed by atoms with Gasteiger partial charge in [0.05, 0.1) is 28.4 Å². The standard InChI is InChI=1S/C19H16FN3O5S/c1-2-27-19(24)17-15-10-28-16-8-3-11(20)9-14(16)18(15)23(22-17)12-4-6-13(7-5-12)29(21,25)26/h3-9H,2,10H2,1H3,(H2,21,25,26). The Balaban J connectivity index is 1.94. The number of carbonyl (C=O) groups excluding carboxylic acids is 1. The number of sulfonamides is 1. The fourth-order valence-corrected chi connectivity index (χ4v) is 3.67. The average molecular weight is 417 g/mol. The number of carbonyl (C=O) groups is 1. The molecular weight excluding hydrogens is 401 g/mol. The summed E-state index contributed by atoms with van der Waals surface area (Å²) in [5.41, 5.74) is 1.85. The van der Waals surface area contributed by atoms with E-state index in [1.807, 2.05) is 0 Å². The van der Waals surface area contributed by atoms with Gasteiger partial charge >= 0.3 is 5.97 Å². The lowest BCUT2D eigenvalue weighted by Crippen LogP contribution is -2.12. The van der Waals surface area contributed by atoms with Gasteiger partial charge in [-0.3, -0.25) is 0 Å². The molecule has 3 aromatic rings. The highest BCUT2D eigenvalue weighted by atomic mass is 32.2. The number of hydrogen-bond donors (Lipinski definition) is 1. The molecule has 0 aliphatic carbocycles. The van der Waals surface area contributed by atoms with Crippen molar-refractivity contribution in [1.29, 1.82) is 0 Å². The van der Waals surface area contributed by atoms with Crippen LogP contribution in [-0.2, 0) is 21.4 Å². The molecule has 1 aliphatic heterocycles. The number of esters is 1. The summed E-state index contributed by atoms with van der Waals surface area (Å²) < 4.78 is 49.1. The van der Waals surface area contributed by atoms with E-state index in [-0.39, 0.29) is 23.8 Å². The van der Waals surface area contributed by atoms with E-state index >= 15 is 0 Å². The van der Waals surface area contributed by atoms with Crippen molar-refractivity contribution in [3.63, 3.8) is 0 Å². The minimum Gasteiger partial charge on any atom is -0.488 e. The van der Waals surface area contributed by atoms with Gasteiger partial charge in [-0.15, -0.1) is 0 Å². The van der Waals surface area contributed by atoms with Crippen LogP contribution < -0.4 is 9.88 Å². The number of hydrogen-bond acceptors (Lipinski definition) is 6. The van der Waals surface area contributed by atoms with Crippen LogP contribution in [0, 0.1) is 5.82 Å². The smallest absolute Gasteiger partial charge is 0.359 e. The number of halogens is 1. The molecule has 0 saturated heterocycles. The number of benzene rings is 2. The molecule has 0 spiro atoms. The van der Waals surface area contributed by atoms with Crippen molar-refractivity contribution in [3.8, 4) is 22.7 Å². The van der Waals surface area contributed by atoms with Crippen LogP contribution >= 0.6 is 0 Å². The van der Waals surface area contributed by atoms with E-state index in [4.69, 9.17) is 14.6 Å². The number of ether oxygens (including phenoxy) is 2. The molecule has 0 fully saturated rings. The first-order valence-electron chi connectivity index (χ1n) is 8.64. The summed E-state index contributed by atoms with van der Waals surface area (Å²) in [6.07, 6.45) is 0. The summed E-state index contributed by atoms with van der Waals surface area (Å²) in [7, 11) is -3.86. The molecule has 8 nitrogen and oxygen atoms in total. The molecule has 0 radical (unpaired) electrons. The van der Waals surface area contributed by atoms with Crippen molar-refractivity contribution in [2.24, 2.45) is 5.14 Å². The highest BCUT2D eigenvalue weighted by molar-refractivity contribution is 7.89. The molecular formula is C19H16FN3O5S. The zero-order valence-corrected chi connectivity index (χ0v) is 16.1. The van der Waals surface area contributed by atoms with Gasteiger partial charge in [-0.1, -0.05) is 0 Å². The molecule has 1 aromatic heterocycles. The van der Waals surface area contributed by atoms with Gasteiger partial charge in [0.2, 0.25) is 10.0 Å². The Bertz CT molecular complexity index is 1220. The fraction of sp³-hybridized carbons (Fsp3) is 0.158. The maximum Gasteiger partial charge on any atom is 0.359 e. The maximum atomic E-state index is 13.9. The van der Waals surface area contributed by atoms with Crippen LogP contribution in [-0.4, -0.2) is 30.8 Å². The average Bonchev–Trinajstić information content (AvgIpc) is 3.08. The highest BCUT2D eigenvalue weighted by Crippen LogP contribution is 2.40. The summed E-state index contributed by atoms with van der Waals surface area (Å²) in [4.78, 5) is 12.3. The topological polar surface area (TPSA) is 114 Å². The second-order valence-corrected chi connectivity index (χ2v) is 7.84. The molecule has 0 unspecified atom stereocenters.